The summed E-state index contributed by atoms with van der Waals surface area (Å²) in [4.78, 5) is 23.4. The van der Waals surface area contributed by atoms with E-state index < -0.39 is 0 Å². The summed E-state index contributed by atoms with van der Waals surface area (Å²) in [5, 5.41) is 0. The van der Waals surface area contributed by atoms with E-state index in [1.165, 1.54) is 0 Å². The summed E-state index contributed by atoms with van der Waals surface area (Å²) in [6, 6.07) is 2.01. The monoisotopic (exact) mass is 235 g/mol. The van der Waals surface area contributed by atoms with Gasteiger partial charge in [-0.1, -0.05) is 0 Å². The van der Waals surface area contributed by atoms with Crippen LogP contribution in [-0.2, 0) is 22.5 Å². The number of carbonyl (C=O) groups excluding carboxylic acids is 2. The van der Waals surface area contributed by atoms with Gasteiger partial charge >= 0.3 is 5.97 Å². The number of esters is 1. The molecule has 0 N–H and O–H groups in total. The lowest BCUT2D eigenvalue weighted by Gasteiger charge is -2.14. The molecule has 0 saturated heterocycles. The lowest BCUT2D eigenvalue weighted by atomic mass is 9.97. The van der Waals surface area contributed by atoms with E-state index >= 15 is 0 Å². The van der Waals surface area contributed by atoms with E-state index in [-0.39, 0.29) is 18.3 Å². The molecule has 0 saturated carbocycles. The quantitative estimate of drug-likeness (QED) is 0.751. The Morgan fingerprint density at radius 1 is 1.47 bits per heavy atom. The zero-order chi connectivity index (χ0) is 12.4. The van der Waals surface area contributed by atoms with Gasteiger partial charge in [-0.05, 0) is 38.3 Å². The Morgan fingerprint density at radius 3 is 2.94 bits per heavy atom. The van der Waals surface area contributed by atoms with Crippen molar-refractivity contribution in [2.24, 2.45) is 0 Å². The number of fused-ring (bicyclic) bond motifs is 1. The Kier molecular flexibility index (Phi) is 3.31. The molecule has 0 fully saturated rings. The van der Waals surface area contributed by atoms with E-state index in [1.807, 2.05) is 13.0 Å². The third-order valence-corrected chi connectivity index (χ3v) is 3.09. The van der Waals surface area contributed by atoms with E-state index in [2.05, 4.69) is 0 Å². The molecule has 1 aliphatic carbocycles. The molecule has 0 radical (unpaired) electrons. The highest BCUT2D eigenvalue weighted by Crippen LogP contribution is 2.24. The van der Waals surface area contributed by atoms with Crippen LogP contribution < -0.4 is 0 Å². The minimum atomic E-state index is -0.285. The summed E-state index contributed by atoms with van der Waals surface area (Å²) in [5.41, 5.74) is 2.74. The summed E-state index contributed by atoms with van der Waals surface area (Å²) in [7, 11) is 0. The second-order valence-corrected chi connectivity index (χ2v) is 4.33. The Bertz CT molecular complexity index is 459. The number of aromatic nitrogens is 1. The van der Waals surface area contributed by atoms with Gasteiger partial charge in [-0.3, -0.25) is 9.59 Å². The van der Waals surface area contributed by atoms with Crippen LogP contribution in [0.2, 0.25) is 0 Å². The molecule has 0 atom stereocenters. The smallest absolute Gasteiger partial charge is 0.325 e. The number of ketones is 1. The van der Waals surface area contributed by atoms with Crippen molar-refractivity contribution in [3.05, 3.63) is 23.0 Å². The van der Waals surface area contributed by atoms with Crippen LogP contribution in [0.5, 0.6) is 0 Å². The molecule has 17 heavy (non-hydrogen) atoms. The molecule has 1 heterocycles. The molecule has 0 bridgehead atoms. The lowest BCUT2D eigenvalue weighted by Crippen LogP contribution is -2.21. The molecule has 1 aromatic rings. The summed E-state index contributed by atoms with van der Waals surface area (Å²) in [5.74, 6) is -0.143. The zero-order valence-electron chi connectivity index (χ0n) is 10.3. The average molecular weight is 235 g/mol. The molecule has 0 amide bonds. The minimum Gasteiger partial charge on any atom is -0.465 e. The molecule has 0 aliphatic heterocycles. The van der Waals surface area contributed by atoms with Gasteiger partial charge in [-0.2, -0.15) is 0 Å². The van der Waals surface area contributed by atoms with Crippen molar-refractivity contribution < 1.29 is 14.3 Å². The maximum absolute atomic E-state index is 11.9. The van der Waals surface area contributed by atoms with Gasteiger partial charge in [0.15, 0.2) is 5.78 Å². The molecule has 0 spiro atoms. The number of hydrogen-bond acceptors (Lipinski definition) is 3. The number of carbonyl (C=O) groups is 2. The fraction of sp³-hybridized carbons (Fsp3) is 0.538. The van der Waals surface area contributed by atoms with Crippen molar-refractivity contribution >= 4 is 11.8 Å². The van der Waals surface area contributed by atoms with E-state index in [0.29, 0.717) is 18.7 Å². The number of Topliss-reactive ketones (excluding diaryl/α,β-unsaturated/α-hetero) is 1. The van der Waals surface area contributed by atoms with Gasteiger partial charge in [0.25, 0.3) is 0 Å². The van der Waals surface area contributed by atoms with Crippen LogP contribution in [0.25, 0.3) is 0 Å². The van der Waals surface area contributed by atoms with Crippen molar-refractivity contribution in [3.63, 3.8) is 0 Å². The lowest BCUT2D eigenvalue weighted by molar-refractivity contribution is -0.143. The van der Waals surface area contributed by atoms with Crippen molar-refractivity contribution in [2.45, 2.75) is 39.7 Å². The molecular weight excluding hydrogens is 218 g/mol. The van der Waals surface area contributed by atoms with Gasteiger partial charge in [0.05, 0.1) is 12.3 Å². The van der Waals surface area contributed by atoms with Crippen LogP contribution in [0.1, 0.15) is 41.5 Å². The third kappa shape index (κ3) is 2.25. The Labute approximate surface area is 101 Å². The predicted molar refractivity (Wildman–Crippen MR) is 63.1 cm³/mol. The van der Waals surface area contributed by atoms with E-state index in [9.17, 15) is 9.59 Å². The number of aryl methyl sites for hydroxylation is 2. The molecule has 92 valence electrons. The molecule has 1 aliphatic rings. The van der Waals surface area contributed by atoms with Crippen molar-refractivity contribution in [2.75, 3.05) is 6.61 Å². The fourth-order valence-corrected chi connectivity index (χ4v) is 2.37. The van der Waals surface area contributed by atoms with Crippen LogP contribution in [0.4, 0.5) is 0 Å². The topological polar surface area (TPSA) is 48.3 Å². The summed E-state index contributed by atoms with van der Waals surface area (Å²) < 4.78 is 6.71. The number of rotatable bonds is 3. The maximum atomic E-state index is 11.9. The Hall–Kier alpha value is -1.58. The highest BCUT2D eigenvalue weighted by molar-refractivity contribution is 5.97. The van der Waals surface area contributed by atoms with Crippen LogP contribution in [0.3, 0.4) is 0 Å². The van der Waals surface area contributed by atoms with Gasteiger partial charge in [-0.25, -0.2) is 0 Å². The predicted octanol–water partition coefficient (Wildman–Crippen LogP) is 1.88. The van der Waals surface area contributed by atoms with E-state index in [0.717, 1.165) is 24.1 Å². The first-order valence-electron chi connectivity index (χ1n) is 6.01. The van der Waals surface area contributed by atoms with Crippen molar-refractivity contribution in [1.82, 2.24) is 4.57 Å². The molecule has 1 aromatic heterocycles. The summed E-state index contributed by atoms with van der Waals surface area (Å²) in [6.07, 6.45) is 2.42. The fourth-order valence-electron chi connectivity index (χ4n) is 2.37. The van der Waals surface area contributed by atoms with Crippen LogP contribution in [0.15, 0.2) is 6.07 Å². The molecule has 2 rings (SSSR count). The first kappa shape index (κ1) is 11.9. The molecule has 0 unspecified atom stereocenters. The van der Waals surface area contributed by atoms with Gasteiger partial charge in [-0.15, -0.1) is 0 Å². The largest absolute Gasteiger partial charge is 0.465 e. The van der Waals surface area contributed by atoms with Gasteiger partial charge in [0.1, 0.15) is 6.54 Å². The second kappa shape index (κ2) is 4.73. The first-order valence-corrected chi connectivity index (χ1v) is 6.01. The van der Waals surface area contributed by atoms with Crippen LogP contribution in [0, 0.1) is 6.92 Å². The number of ether oxygens (including phenoxy) is 1. The standard InChI is InChI=1S/C13H17NO3/c1-3-17-12(16)8-14-9(2)7-10-5-4-6-11(15)13(10)14/h7H,3-6,8H2,1-2H3. The Balaban J connectivity index is 2.30. The molecule has 4 nitrogen and oxygen atoms in total. The SMILES string of the molecule is CCOC(=O)Cn1c(C)cc2c1C(=O)CCC2. The Morgan fingerprint density at radius 2 is 2.24 bits per heavy atom. The van der Waals surface area contributed by atoms with E-state index in [1.54, 1.807) is 11.5 Å². The number of nitrogens with zero attached hydrogens (tertiary/aromatic N) is 1. The first-order chi connectivity index (χ1) is 8.13. The second-order valence-electron chi connectivity index (χ2n) is 4.33. The van der Waals surface area contributed by atoms with Crippen molar-refractivity contribution in [3.8, 4) is 0 Å². The van der Waals surface area contributed by atoms with E-state index in [4.69, 9.17) is 4.74 Å². The molecular formula is C13H17NO3. The van der Waals surface area contributed by atoms with Crippen molar-refractivity contribution in [1.29, 1.82) is 0 Å². The average Bonchev–Trinajstić information content (AvgIpc) is 2.57. The third-order valence-electron chi connectivity index (χ3n) is 3.09. The van der Waals surface area contributed by atoms with Gasteiger partial charge in [0.2, 0.25) is 0 Å². The van der Waals surface area contributed by atoms with Crippen LogP contribution >= 0.6 is 0 Å². The normalized spacial score (nSPS) is 14.6. The number of hydrogen-bond donors (Lipinski definition) is 0. The van der Waals surface area contributed by atoms with Gasteiger partial charge < -0.3 is 9.30 Å². The summed E-state index contributed by atoms with van der Waals surface area (Å²) in [6.45, 7) is 4.21. The van der Waals surface area contributed by atoms with Gasteiger partial charge in [0, 0.05) is 12.1 Å². The highest BCUT2D eigenvalue weighted by Gasteiger charge is 2.24. The zero-order valence-corrected chi connectivity index (χ0v) is 10.3. The molecule has 0 aromatic carbocycles. The summed E-state index contributed by atoms with van der Waals surface area (Å²) >= 11 is 0. The molecule has 4 heteroatoms. The minimum absolute atomic E-state index is 0.140. The van der Waals surface area contributed by atoms with Crippen LogP contribution in [-0.4, -0.2) is 22.9 Å². The maximum Gasteiger partial charge on any atom is 0.325 e. The highest BCUT2D eigenvalue weighted by atomic mass is 16.5.